The van der Waals surface area contributed by atoms with E-state index in [-0.39, 0.29) is 18.1 Å². The molecule has 32 heavy (non-hydrogen) atoms. The van der Waals surface area contributed by atoms with E-state index in [0.29, 0.717) is 30.8 Å². The lowest BCUT2D eigenvalue weighted by Gasteiger charge is -2.11. The summed E-state index contributed by atoms with van der Waals surface area (Å²) in [7, 11) is 0. The molecular formula is C26H25FN2O3. The van der Waals surface area contributed by atoms with Crippen molar-refractivity contribution in [3.05, 3.63) is 101 Å². The molecule has 0 unspecified atom stereocenters. The second-order valence-corrected chi connectivity index (χ2v) is 7.51. The fourth-order valence-corrected chi connectivity index (χ4v) is 3.96. The number of benzene rings is 3. The quantitative estimate of drug-likeness (QED) is 0.381. The van der Waals surface area contributed by atoms with Crippen molar-refractivity contribution in [1.82, 2.24) is 9.88 Å². The van der Waals surface area contributed by atoms with Crippen LogP contribution in [0.5, 0.6) is 5.75 Å². The van der Waals surface area contributed by atoms with E-state index in [1.54, 1.807) is 22.8 Å². The summed E-state index contributed by atoms with van der Waals surface area (Å²) in [6.45, 7) is 3.66. The number of para-hydroxylation sites is 1. The van der Waals surface area contributed by atoms with Crippen molar-refractivity contribution in [3.8, 4) is 5.75 Å². The van der Waals surface area contributed by atoms with Crippen molar-refractivity contribution in [2.24, 2.45) is 0 Å². The van der Waals surface area contributed by atoms with Crippen LogP contribution in [-0.4, -0.2) is 22.2 Å². The van der Waals surface area contributed by atoms with Crippen LogP contribution in [0.2, 0.25) is 0 Å². The first-order chi connectivity index (χ1) is 15.6. The van der Waals surface area contributed by atoms with Gasteiger partial charge in [0, 0.05) is 35.1 Å². The Morgan fingerprint density at radius 1 is 1.00 bits per heavy atom. The van der Waals surface area contributed by atoms with Gasteiger partial charge in [-0.2, -0.15) is 0 Å². The van der Waals surface area contributed by atoms with Crippen LogP contribution >= 0.6 is 0 Å². The molecule has 1 heterocycles. The highest BCUT2D eigenvalue weighted by Crippen LogP contribution is 2.28. The monoisotopic (exact) mass is 432 g/mol. The number of fused-ring (bicyclic) bond motifs is 1. The number of nitrogens with one attached hydrogen (secondary N) is 1. The number of nitrogens with zero attached hydrogens (tertiary/aromatic N) is 1. The van der Waals surface area contributed by atoms with E-state index >= 15 is 0 Å². The van der Waals surface area contributed by atoms with E-state index in [1.165, 1.54) is 6.07 Å². The molecule has 164 valence electrons. The number of carboxylic acid groups (broad SMARTS) is 1. The summed E-state index contributed by atoms with van der Waals surface area (Å²) in [6.07, 6.45) is 0. The molecule has 0 bridgehead atoms. The summed E-state index contributed by atoms with van der Waals surface area (Å²) < 4.78 is 21.5. The first-order valence-corrected chi connectivity index (χ1v) is 10.6. The van der Waals surface area contributed by atoms with Crippen LogP contribution in [0.4, 0.5) is 4.39 Å². The summed E-state index contributed by atoms with van der Waals surface area (Å²) in [5.74, 6) is -0.562. The van der Waals surface area contributed by atoms with Gasteiger partial charge in [-0.25, -0.2) is 9.18 Å². The van der Waals surface area contributed by atoms with E-state index in [2.05, 4.69) is 5.32 Å². The Morgan fingerprint density at radius 3 is 2.44 bits per heavy atom. The number of hydrogen-bond acceptors (Lipinski definition) is 3. The van der Waals surface area contributed by atoms with Crippen molar-refractivity contribution >= 4 is 16.9 Å². The molecule has 0 aliphatic rings. The van der Waals surface area contributed by atoms with Gasteiger partial charge in [0.05, 0.1) is 13.2 Å². The van der Waals surface area contributed by atoms with Crippen LogP contribution < -0.4 is 10.1 Å². The van der Waals surface area contributed by atoms with Gasteiger partial charge in [-0.1, -0.05) is 48.5 Å². The summed E-state index contributed by atoms with van der Waals surface area (Å²) in [6, 6.07) is 21.8. The molecule has 0 fully saturated rings. The predicted octanol–water partition coefficient (Wildman–Crippen LogP) is 5.22. The van der Waals surface area contributed by atoms with E-state index in [0.717, 1.165) is 22.2 Å². The summed E-state index contributed by atoms with van der Waals surface area (Å²) in [4.78, 5) is 12.3. The molecule has 1 aromatic heterocycles. The Kier molecular flexibility index (Phi) is 6.52. The molecule has 0 atom stereocenters. The first-order valence-electron chi connectivity index (χ1n) is 10.6. The average Bonchev–Trinajstić information content (AvgIpc) is 3.10. The maximum atomic E-state index is 14.3. The molecule has 5 nitrogen and oxygen atoms in total. The fourth-order valence-electron chi connectivity index (χ4n) is 3.96. The Hall–Kier alpha value is -3.64. The maximum absolute atomic E-state index is 14.3. The molecule has 0 aliphatic carbocycles. The topological polar surface area (TPSA) is 63.5 Å². The average molecular weight is 432 g/mol. The molecule has 6 heteroatoms. The third-order valence-electron chi connectivity index (χ3n) is 5.43. The highest BCUT2D eigenvalue weighted by atomic mass is 19.1. The van der Waals surface area contributed by atoms with E-state index in [1.807, 2.05) is 55.5 Å². The molecule has 0 radical (unpaired) electrons. The van der Waals surface area contributed by atoms with Crippen LogP contribution in [0.3, 0.4) is 0 Å². The van der Waals surface area contributed by atoms with Gasteiger partial charge >= 0.3 is 5.97 Å². The number of carbonyl (C=O) groups is 1. The van der Waals surface area contributed by atoms with Gasteiger partial charge in [0.2, 0.25) is 0 Å². The summed E-state index contributed by atoms with van der Waals surface area (Å²) in [5, 5.41) is 14.2. The van der Waals surface area contributed by atoms with Gasteiger partial charge in [0.25, 0.3) is 0 Å². The normalized spacial score (nSPS) is 11.1. The van der Waals surface area contributed by atoms with Crippen LogP contribution in [0.15, 0.2) is 72.8 Å². The van der Waals surface area contributed by atoms with Crippen LogP contribution in [0.25, 0.3) is 10.9 Å². The molecular weight excluding hydrogens is 407 g/mol. The molecule has 4 aromatic rings. The van der Waals surface area contributed by atoms with Crippen molar-refractivity contribution in [3.63, 3.8) is 0 Å². The van der Waals surface area contributed by atoms with E-state index < -0.39 is 5.97 Å². The smallest absolute Gasteiger partial charge is 0.352 e. The number of hydrogen-bond donors (Lipinski definition) is 2. The minimum Gasteiger partial charge on any atom is -0.494 e. The second kappa shape index (κ2) is 9.66. The molecule has 3 aromatic carbocycles. The Labute approximate surface area is 186 Å². The number of carboxylic acids is 1. The van der Waals surface area contributed by atoms with Crippen LogP contribution in [0, 0.1) is 5.82 Å². The predicted molar refractivity (Wildman–Crippen MR) is 123 cm³/mol. The zero-order valence-corrected chi connectivity index (χ0v) is 17.8. The minimum atomic E-state index is -1.03. The summed E-state index contributed by atoms with van der Waals surface area (Å²) >= 11 is 0. The molecule has 0 spiro atoms. The molecule has 0 amide bonds. The second-order valence-electron chi connectivity index (χ2n) is 7.51. The van der Waals surface area contributed by atoms with Crippen molar-refractivity contribution in [2.45, 2.75) is 26.6 Å². The van der Waals surface area contributed by atoms with Gasteiger partial charge in [0.1, 0.15) is 17.3 Å². The van der Waals surface area contributed by atoms with Crippen molar-refractivity contribution in [1.29, 1.82) is 0 Å². The van der Waals surface area contributed by atoms with Gasteiger partial charge in [-0.3, -0.25) is 0 Å². The lowest BCUT2D eigenvalue weighted by atomic mass is 10.1. The first kappa shape index (κ1) is 21.6. The largest absolute Gasteiger partial charge is 0.494 e. The number of aromatic nitrogens is 1. The third-order valence-corrected chi connectivity index (χ3v) is 5.43. The van der Waals surface area contributed by atoms with Crippen molar-refractivity contribution < 1.29 is 19.0 Å². The van der Waals surface area contributed by atoms with E-state index in [4.69, 9.17) is 4.74 Å². The Balaban J connectivity index is 1.63. The summed E-state index contributed by atoms with van der Waals surface area (Å²) in [5.41, 5.74) is 3.15. The lowest BCUT2D eigenvalue weighted by molar-refractivity contribution is 0.0684. The third kappa shape index (κ3) is 4.50. The molecule has 0 saturated heterocycles. The Bertz CT molecular complexity index is 1230. The molecule has 2 N–H and O–H groups in total. The maximum Gasteiger partial charge on any atom is 0.352 e. The zero-order valence-electron chi connectivity index (χ0n) is 17.8. The highest BCUT2D eigenvalue weighted by Gasteiger charge is 2.22. The molecule has 0 saturated carbocycles. The number of ether oxygens (including phenoxy) is 1. The van der Waals surface area contributed by atoms with E-state index in [9.17, 15) is 14.3 Å². The standard InChI is InChI=1S/C26H25FN2O3/c1-2-32-20-13-11-18(12-14-20)15-28-16-22-21-8-4-6-10-24(21)29(25(22)26(30)31)17-19-7-3-5-9-23(19)27/h3-14,28H,2,15-17H2,1H3,(H,30,31). The van der Waals surface area contributed by atoms with Crippen molar-refractivity contribution in [2.75, 3.05) is 6.61 Å². The van der Waals surface area contributed by atoms with Crippen LogP contribution in [-0.2, 0) is 19.6 Å². The van der Waals surface area contributed by atoms with Gasteiger partial charge in [-0.15, -0.1) is 0 Å². The van der Waals surface area contributed by atoms with Gasteiger partial charge in [-0.05, 0) is 36.8 Å². The number of halogens is 1. The SMILES string of the molecule is CCOc1ccc(CNCc2c(C(=O)O)n(Cc3ccccc3F)c3ccccc23)cc1. The molecule has 4 rings (SSSR count). The zero-order chi connectivity index (χ0) is 22.5. The Morgan fingerprint density at radius 2 is 1.72 bits per heavy atom. The highest BCUT2D eigenvalue weighted by molar-refractivity contribution is 5.98. The van der Waals surface area contributed by atoms with Gasteiger partial charge in [0.15, 0.2) is 0 Å². The van der Waals surface area contributed by atoms with Crippen LogP contribution in [0.1, 0.15) is 34.1 Å². The number of rotatable bonds is 9. The molecule has 0 aliphatic heterocycles. The number of aromatic carboxylic acids is 1. The van der Waals surface area contributed by atoms with Gasteiger partial charge < -0.3 is 19.7 Å². The lowest BCUT2D eigenvalue weighted by Crippen LogP contribution is -2.17. The minimum absolute atomic E-state index is 0.147. The fraction of sp³-hybridized carbons (Fsp3) is 0.192.